The first-order valence-electron chi connectivity index (χ1n) is 0. The minimum Gasteiger partial charge on any atom is -1.00 e. The maximum absolute atomic E-state index is 0. The number of hydrogen-bond donors (Lipinski definition) is 0. The molecule has 2 N–H and O–H groups in total. The number of nitrogens with two attached hydrogens (primary N) is 1. The first-order chi connectivity index (χ1) is 0. The third-order valence-corrected chi connectivity index (χ3v) is 0. The Morgan fingerprint density at radius 1 is 0.750 bits per heavy atom. The zero-order chi connectivity index (χ0) is 0. The van der Waals surface area contributed by atoms with Gasteiger partial charge in [-0.25, -0.2) is 0 Å². The third-order valence-electron chi connectivity index (χ3n) is 0. The minimum absolute atomic E-state index is 0. The fourth-order valence-electron chi connectivity index (χ4n) is 0. The summed E-state index contributed by atoms with van der Waals surface area (Å²) in [5.41, 5.74) is 0. The van der Waals surface area contributed by atoms with Crippen molar-refractivity contribution in [2.75, 3.05) is 0 Å². The van der Waals surface area contributed by atoms with Crippen molar-refractivity contribution in [2.45, 2.75) is 0 Å². The minimum atomic E-state index is 0. The predicted molar refractivity (Wildman–Crippen MR) is 5.28 cm³/mol. The van der Waals surface area contributed by atoms with Gasteiger partial charge in [0, 0.05) is 25.8 Å². The molecule has 0 aromatic rings. The van der Waals surface area contributed by atoms with Gasteiger partial charge in [-0.15, -0.1) is 0 Å². The Kier molecular flexibility index (Phi) is 341. The van der Waals surface area contributed by atoms with Gasteiger partial charge in [0.1, 0.15) is 0 Å². The van der Waals surface area contributed by atoms with Crippen LogP contribution < -0.4 is 24.8 Å². The van der Waals surface area contributed by atoms with Crippen LogP contribution >= 0.6 is 0 Å². The van der Waals surface area contributed by atoms with Crippen molar-refractivity contribution >= 4 is 0 Å². The molecular formula is H2Cl2HfN-3. The summed E-state index contributed by atoms with van der Waals surface area (Å²) >= 11 is 0. The molecule has 0 fully saturated rings. The Balaban J connectivity index is 0. The van der Waals surface area contributed by atoms with Crippen molar-refractivity contribution < 1.29 is 50.7 Å². The molecule has 0 radical (unpaired) electrons. The molecule has 0 amide bonds. The zero-order valence-electron chi connectivity index (χ0n) is 1.83. The van der Waals surface area contributed by atoms with Crippen molar-refractivity contribution in [1.82, 2.24) is 0 Å². The second kappa shape index (κ2) is 25.8. The van der Waals surface area contributed by atoms with Gasteiger partial charge >= 0.3 is 0 Å². The van der Waals surface area contributed by atoms with Gasteiger partial charge in [0.25, 0.3) is 0 Å². The van der Waals surface area contributed by atoms with Crippen LogP contribution in [0, 0.1) is 0 Å². The predicted octanol–water partition coefficient (Wildman–Crippen LogP) is -5.28. The maximum atomic E-state index is 0. The van der Waals surface area contributed by atoms with E-state index in [0.29, 0.717) is 0 Å². The molecule has 4 heteroatoms. The average molecular weight is 265 g/mol. The van der Waals surface area contributed by atoms with Gasteiger partial charge < -0.3 is 31.0 Å². The molecule has 1 nitrogen and oxygen atoms in total. The van der Waals surface area contributed by atoms with E-state index in [9.17, 15) is 0 Å². The number of hydrogen-bond acceptors (Lipinski definition) is 0. The molecular weight excluding hydrogens is 263 g/mol. The molecule has 0 bridgehead atoms. The Hall–Kier alpha value is 1.41. The molecule has 0 aliphatic heterocycles. The summed E-state index contributed by atoms with van der Waals surface area (Å²) in [4.78, 5) is 0. The summed E-state index contributed by atoms with van der Waals surface area (Å²) in [5.74, 6) is 0. The fourth-order valence-corrected chi connectivity index (χ4v) is 0. The summed E-state index contributed by atoms with van der Waals surface area (Å²) in [6.45, 7) is 0. The van der Waals surface area contributed by atoms with E-state index >= 15 is 0 Å². The monoisotopic (exact) mass is 266 g/mol. The van der Waals surface area contributed by atoms with Crippen LogP contribution in [0.15, 0.2) is 0 Å². The fraction of sp³-hybridized carbons (Fsp3) is 0. The van der Waals surface area contributed by atoms with Crippen molar-refractivity contribution in [1.29, 1.82) is 0 Å². The van der Waals surface area contributed by atoms with Crippen molar-refractivity contribution in [3.8, 4) is 0 Å². The summed E-state index contributed by atoms with van der Waals surface area (Å²) in [5, 5.41) is 0. The van der Waals surface area contributed by atoms with E-state index in [1.54, 1.807) is 0 Å². The molecule has 0 rings (SSSR count). The van der Waals surface area contributed by atoms with E-state index in [1.807, 2.05) is 0 Å². The molecule has 0 aromatic carbocycles. The van der Waals surface area contributed by atoms with E-state index in [2.05, 4.69) is 0 Å². The van der Waals surface area contributed by atoms with E-state index < -0.39 is 0 Å². The number of rotatable bonds is 0. The maximum Gasteiger partial charge on any atom is 0 e. The molecule has 28 valence electrons. The molecule has 0 unspecified atom stereocenters. The van der Waals surface area contributed by atoms with Crippen LogP contribution in [-0.2, 0) is 25.8 Å². The SMILES string of the molecule is [Cl-].[Cl-].[Hf].[NH2-]. The van der Waals surface area contributed by atoms with Crippen molar-refractivity contribution in [3.63, 3.8) is 0 Å². The Bertz CT molecular complexity index is 6.00. The van der Waals surface area contributed by atoms with E-state index in [4.69, 9.17) is 0 Å². The van der Waals surface area contributed by atoms with Gasteiger partial charge in [-0.2, -0.15) is 0 Å². The largest absolute Gasteiger partial charge is 1.00 e. The van der Waals surface area contributed by atoms with Gasteiger partial charge in [0.05, 0.1) is 0 Å². The zero-order valence-corrected chi connectivity index (χ0v) is 6.94. The standard InChI is InChI=1S/2ClH.Hf.H2N/h2*1H;;1H2/q;;;-1/p-2. The molecule has 0 aliphatic carbocycles. The van der Waals surface area contributed by atoms with Gasteiger partial charge in [0.15, 0.2) is 0 Å². The number of halogens is 2. The van der Waals surface area contributed by atoms with Crippen LogP contribution in [0.1, 0.15) is 0 Å². The third kappa shape index (κ3) is 9.96. The molecule has 0 spiro atoms. The van der Waals surface area contributed by atoms with Gasteiger partial charge in [-0.1, -0.05) is 0 Å². The Morgan fingerprint density at radius 2 is 0.750 bits per heavy atom. The second-order valence-electron chi connectivity index (χ2n) is 0. The van der Waals surface area contributed by atoms with Crippen molar-refractivity contribution in [2.24, 2.45) is 0 Å². The molecule has 0 atom stereocenters. The van der Waals surface area contributed by atoms with Gasteiger partial charge in [-0.3, -0.25) is 0 Å². The van der Waals surface area contributed by atoms with E-state index in [1.165, 1.54) is 0 Å². The summed E-state index contributed by atoms with van der Waals surface area (Å²) in [6.07, 6.45) is 0. The average Bonchev–Trinajstić information content (AvgIpc) is 0. The topological polar surface area (TPSA) is 33.5 Å². The summed E-state index contributed by atoms with van der Waals surface area (Å²) < 4.78 is 0. The second-order valence-corrected chi connectivity index (χ2v) is 0. The molecule has 0 saturated carbocycles. The molecule has 0 aliphatic rings. The molecule has 4 heavy (non-hydrogen) atoms. The van der Waals surface area contributed by atoms with Gasteiger partial charge in [0.2, 0.25) is 0 Å². The summed E-state index contributed by atoms with van der Waals surface area (Å²) in [6, 6.07) is 0. The van der Waals surface area contributed by atoms with Crippen LogP contribution in [-0.4, -0.2) is 0 Å². The van der Waals surface area contributed by atoms with Crippen LogP contribution in [0.25, 0.3) is 6.15 Å². The molecule has 0 aromatic heterocycles. The Morgan fingerprint density at radius 3 is 0.750 bits per heavy atom. The molecule has 0 heterocycles. The van der Waals surface area contributed by atoms with Crippen LogP contribution in [0.3, 0.4) is 0 Å². The van der Waals surface area contributed by atoms with Crippen LogP contribution in [0.4, 0.5) is 0 Å². The molecule has 0 saturated heterocycles. The van der Waals surface area contributed by atoms with Crippen molar-refractivity contribution in [3.05, 3.63) is 6.15 Å². The summed E-state index contributed by atoms with van der Waals surface area (Å²) in [7, 11) is 0. The first-order valence-corrected chi connectivity index (χ1v) is 0. The van der Waals surface area contributed by atoms with Crippen LogP contribution in [0.2, 0.25) is 0 Å². The van der Waals surface area contributed by atoms with Gasteiger partial charge in [-0.05, 0) is 0 Å². The van der Waals surface area contributed by atoms with Crippen LogP contribution in [0.5, 0.6) is 0 Å². The first kappa shape index (κ1) is 52.9. The quantitative estimate of drug-likeness (QED) is 0.392. The van der Waals surface area contributed by atoms with E-state index in [-0.39, 0.29) is 56.8 Å². The van der Waals surface area contributed by atoms with E-state index in [0.717, 1.165) is 0 Å². The smallest absolute Gasteiger partial charge is 0 e. The Labute approximate surface area is 56.7 Å². The normalized spacial score (nSPS) is 0.